The predicted molar refractivity (Wildman–Crippen MR) is 104 cm³/mol. The van der Waals surface area contributed by atoms with Gasteiger partial charge in [-0.2, -0.15) is 0 Å². The van der Waals surface area contributed by atoms with Crippen LogP contribution in [0.15, 0.2) is 22.9 Å². The summed E-state index contributed by atoms with van der Waals surface area (Å²) in [5.41, 5.74) is 1.41. The first kappa shape index (κ1) is 17.7. The van der Waals surface area contributed by atoms with Crippen LogP contribution in [-0.4, -0.2) is 65.4 Å². The van der Waals surface area contributed by atoms with E-state index in [1.165, 1.54) is 19.1 Å². The number of hydrogen-bond acceptors (Lipinski definition) is 5. The van der Waals surface area contributed by atoms with Crippen molar-refractivity contribution in [2.75, 3.05) is 32.7 Å². The SMILES string of the molecule is O=C(N[C@@H]1C[C@@H]2CCN(C2)C1)c1cc2c(C(=O)N3CCCCC3)coc2cn1. The maximum Gasteiger partial charge on any atom is 0.270 e. The first-order valence-electron chi connectivity index (χ1n) is 10.4. The van der Waals surface area contributed by atoms with Crippen LogP contribution < -0.4 is 5.32 Å². The number of fused-ring (bicyclic) bond motifs is 3. The summed E-state index contributed by atoms with van der Waals surface area (Å²) in [4.78, 5) is 34.2. The molecule has 5 heterocycles. The Morgan fingerprint density at radius 2 is 2.00 bits per heavy atom. The van der Waals surface area contributed by atoms with Crippen molar-refractivity contribution in [1.82, 2.24) is 20.1 Å². The van der Waals surface area contributed by atoms with Crippen molar-refractivity contribution in [2.24, 2.45) is 5.92 Å². The number of hydrogen-bond donors (Lipinski definition) is 1. The Balaban J connectivity index is 1.35. The molecule has 7 heteroatoms. The normalized spacial score (nSPS) is 27.1. The quantitative estimate of drug-likeness (QED) is 0.881. The van der Waals surface area contributed by atoms with E-state index in [1.807, 2.05) is 4.90 Å². The Bertz CT molecular complexity index is 890. The maximum absolute atomic E-state index is 12.9. The summed E-state index contributed by atoms with van der Waals surface area (Å²) in [6.07, 6.45) is 8.56. The first-order chi connectivity index (χ1) is 13.7. The van der Waals surface area contributed by atoms with Crippen LogP contribution in [-0.2, 0) is 0 Å². The Morgan fingerprint density at radius 3 is 2.82 bits per heavy atom. The molecular weight excluding hydrogens is 356 g/mol. The van der Waals surface area contributed by atoms with Crippen LogP contribution in [0, 0.1) is 5.92 Å². The number of pyridine rings is 1. The molecule has 0 aliphatic carbocycles. The standard InChI is InChI=1S/C21H26N4O3/c26-20(23-15-8-14-4-7-24(11-14)12-15)18-9-16-17(13-28-19(16)10-22-18)21(27)25-5-2-1-3-6-25/h9-10,13-15H,1-8,11-12H2,(H,23,26)/t14-,15+/m0/s1. The molecule has 3 saturated heterocycles. The van der Waals surface area contributed by atoms with Gasteiger partial charge >= 0.3 is 0 Å². The third-order valence-corrected chi connectivity index (χ3v) is 6.37. The molecule has 0 aromatic carbocycles. The van der Waals surface area contributed by atoms with E-state index < -0.39 is 0 Å². The van der Waals surface area contributed by atoms with Crippen molar-refractivity contribution in [1.29, 1.82) is 0 Å². The van der Waals surface area contributed by atoms with Crippen LogP contribution in [0.2, 0.25) is 0 Å². The number of furan rings is 1. The number of nitrogens with one attached hydrogen (secondary N) is 1. The van der Waals surface area contributed by atoms with E-state index in [9.17, 15) is 9.59 Å². The highest BCUT2D eigenvalue weighted by molar-refractivity contribution is 6.07. The number of piperidine rings is 2. The minimum absolute atomic E-state index is 0.0207. The van der Waals surface area contributed by atoms with E-state index in [0.717, 1.165) is 52.0 Å². The zero-order chi connectivity index (χ0) is 19.1. The highest BCUT2D eigenvalue weighted by Gasteiger charge is 2.33. The molecule has 7 nitrogen and oxygen atoms in total. The van der Waals surface area contributed by atoms with Crippen LogP contribution in [0.1, 0.15) is 53.0 Å². The first-order valence-corrected chi connectivity index (χ1v) is 10.4. The minimum atomic E-state index is -0.174. The van der Waals surface area contributed by atoms with Gasteiger partial charge in [0, 0.05) is 37.6 Å². The molecule has 28 heavy (non-hydrogen) atoms. The summed E-state index contributed by atoms with van der Waals surface area (Å²) in [5.74, 6) is 0.497. The van der Waals surface area contributed by atoms with E-state index in [2.05, 4.69) is 15.2 Å². The smallest absolute Gasteiger partial charge is 0.270 e. The van der Waals surface area contributed by atoms with Gasteiger partial charge in [-0.15, -0.1) is 0 Å². The third-order valence-electron chi connectivity index (χ3n) is 6.37. The van der Waals surface area contributed by atoms with Crippen molar-refractivity contribution >= 4 is 22.8 Å². The number of nitrogens with zero attached hydrogens (tertiary/aromatic N) is 3. The molecule has 0 spiro atoms. The molecule has 3 atom stereocenters. The molecule has 2 aromatic rings. The zero-order valence-electron chi connectivity index (χ0n) is 16.0. The predicted octanol–water partition coefficient (Wildman–Crippen LogP) is 2.28. The number of carbonyl (C=O) groups excluding carboxylic acids is 2. The number of aromatic nitrogens is 1. The van der Waals surface area contributed by atoms with E-state index in [1.54, 1.807) is 12.3 Å². The van der Waals surface area contributed by atoms with Crippen molar-refractivity contribution in [3.63, 3.8) is 0 Å². The fourth-order valence-electron chi connectivity index (χ4n) is 4.91. The minimum Gasteiger partial charge on any atom is -0.462 e. The molecule has 1 unspecified atom stereocenters. The molecule has 0 saturated carbocycles. The summed E-state index contributed by atoms with van der Waals surface area (Å²) in [5, 5.41) is 3.81. The van der Waals surface area contributed by atoms with Gasteiger partial charge in [0.05, 0.1) is 11.8 Å². The largest absolute Gasteiger partial charge is 0.462 e. The molecular formula is C21H26N4O3. The van der Waals surface area contributed by atoms with Crippen LogP contribution in [0.3, 0.4) is 0 Å². The summed E-state index contributed by atoms with van der Waals surface area (Å²) in [6, 6.07) is 1.87. The van der Waals surface area contributed by atoms with Gasteiger partial charge in [-0.3, -0.25) is 9.59 Å². The lowest BCUT2D eigenvalue weighted by Gasteiger charge is -2.30. The Kier molecular flexibility index (Phi) is 4.55. The van der Waals surface area contributed by atoms with E-state index in [4.69, 9.17) is 4.42 Å². The maximum atomic E-state index is 12.9. The van der Waals surface area contributed by atoms with Gasteiger partial charge in [0.2, 0.25) is 0 Å². The number of likely N-dealkylation sites (tertiary alicyclic amines) is 1. The van der Waals surface area contributed by atoms with Crippen LogP contribution in [0.25, 0.3) is 11.0 Å². The van der Waals surface area contributed by atoms with E-state index >= 15 is 0 Å². The molecule has 5 rings (SSSR count). The second-order valence-corrected chi connectivity index (χ2v) is 8.39. The molecule has 148 valence electrons. The molecule has 2 aromatic heterocycles. The monoisotopic (exact) mass is 382 g/mol. The highest BCUT2D eigenvalue weighted by Crippen LogP contribution is 2.27. The molecule has 3 fully saturated rings. The van der Waals surface area contributed by atoms with Crippen molar-refractivity contribution in [2.45, 2.75) is 38.1 Å². The van der Waals surface area contributed by atoms with Crippen molar-refractivity contribution in [3.05, 3.63) is 29.8 Å². The Morgan fingerprint density at radius 1 is 1.14 bits per heavy atom. The summed E-state index contributed by atoms with van der Waals surface area (Å²) < 4.78 is 5.53. The van der Waals surface area contributed by atoms with Crippen LogP contribution >= 0.6 is 0 Å². The van der Waals surface area contributed by atoms with Crippen LogP contribution in [0.5, 0.6) is 0 Å². The Hall–Kier alpha value is -2.41. The summed E-state index contributed by atoms with van der Waals surface area (Å²) >= 11 is 0. The van der Waals surface area contributed by atoms with Gasteiger partial charge in [0.1, 0.15) is 12.0 Å². The van der Waals surface area contributed by atoms with Gasteiger partial charge in [0.25, 0.3) is 11.8 Å². The van der Waals surface area contributed by atoms with Gasteiger partial charge in [-0.25, -0.2) is 4.98 Å². The van der Waals surface area contributed by atoms with Gasteiger partial charge in [0.15, 0.2) is 5.58 Å². The lowest BCUT2D eigenvalue weighted by Crippen LogP contribution is -2.47. The number of rotatable bonds is 3. The second kappa shape index (κ2) is 7.20. The zero-order valence-corrected chi connectivity index (χ0v) is 16.0. The molecule has 3 aliphatic rings. The average Bonchev–Trinajstić information content (AvgIpc) is 3.30. The fraction of sp³-hybridized carbons (Fsp3) is 0.571. The second-order valence-electron chi connectivity index (χ2n) is 8.39. The number of carbonyl (C=O) groups is 2. The Labute approximate surface area is 164 Å². The lowest BCUT2D eigenvalue weighted by atomic mass is 9.97. The number of amides is 2. The van der Waals surface area contributed by atoms with Gasteiger partial charge in [-0.05, 0) is 50.6 Å². The van der Waals surface area contributed by atoms with E-state index in [-0.39, 0.29) is 17.9 Å². The van der Waals surface area contributed by atoms with Gasteiger partial charge < -0.3 is 19.5 Å². The summed E-state index contributed by atoms with van der Waals surface area (Å²) in [7, 11) is 0. The molecule has 2 bridgehead atoms. The molecule has 3 aliphatic heterocycles. The lowest BCUT2D eigenvalue weighted by molar-refractivity contribution is 0.0725. The van der Waals surface area contributed by atoms with Gasteiger partial charge in [-0.1, -0.05) is 0 Å². The summed E-state index contributed by atoms with van der Waals surface area (Å²) in [6.45, 7) is 4.77. The fourth-order valence-corrected chi connectivity index (χ4v) is 4.91. The molecule has 0 radical (unpaired) electrons. The average molecular weight is 382 g/mol. The van der Waals surface area contributed by atoms with Crippen molar-refractivity contribution < 1.29 is 14.0 Å². The topological polar surface area (TPSA) is 78.7 Å². The highest BCUT2D eigenvalue weighted by atomic mass is 16.3. The molecule has 2 amide bonds. The molecule has 1 N–H and O–H groups in total. The van der Waals surface area contributed by atoms with E-state index in [0.29, 0.717) is 28.1 Å². The third kappa shape index (κ3) is 3.28. The van der Waals surface area contributed by atoms with Crippen molar-refractivity contribution in [3.8, 4) is 0 Å². The van der Waals surface area contributed by atoms with Crippen LogP contribution in [0.4, 0.5) is 0 Å².